The number of ether oxygens (including phenoxy) is 1. The number of hydrogen-bond donors (Lipinski definition) is 2. The lowest BCUT2D eigenvalue weighted by Crippen LogP contribution is -2.54. The van der Waals surface area contributed by atoms with Gasteiger partial charge in [-0.2, -0.15) is 4.98 Å². The second kappa shape index (κ2) is 8.00. The van der Waals surface area contributed by atoms with E-state index in [1.807, 2.05) is 12.1 Å². The monoisotopic (exact) mass is 392 g/mol. The Morgan fingerprint density at radius 3 is 2.69 bits per heavy atom. The van der Waals surface area contributed by atoms with Crippen LogP contribution in [0.2, 0.25) is 0 Å². The molecule has 2 N–H and O–H groups in total. The number of methoxy groups -OCH3 is 1. The van der Waals surface area contributed by atoms with Crippen LogP contribution in [0.5, 0.6) is 6.01 Å². The van der Waals surface area contributed by atoms with E-state index in [9.17, 15) is 4.79 Å². The molecule has 2 aromatic heterocycles. The Morgan fingerprint density at radius 2 is 2.00 bits per heavy atom. The highest BCUT2D eigenvalue weighted by Gasteiger charge is 2.24. The van der Waals surface area contributed by atoms with Gasteiger partial charge in [0.15, 0.2) is 0 Å². The van der Waals surface area contributed by atoms with Crippen LogP contribution in [0.1, 0.15) is 24.2 Å². The van der Waals surface area contributed by atoms with Gasteiger partial charge in [0.05, 0.1) is 30.1 Å². The lowest BCUT2D eigenvalue weighted by molar-refractivity contribution is 0.102. The highest BCUT2D eigenvalue weighted by molar-refractivity contribution is 6.13. The summed E-state index contributed by atoms with van der Waals surface area (Å²) >= 11 is 0. The van der Waals surface area contributed by atoms with E-state index in [1.165, 1.54) is 7.11 Å². The second-order valence-electron chi connectivity index (χ2n) is 7.32. The molecule has 4 rings (SSSR count). The van der Waals surface area contributed by atoms with Gasteiger partial charge in [-0.25, -0.2) is 4.98 Å². The molecule has 0 bridgehead atoms. The van der Waals surface area contributed by atoms with Crippen molar-refractivity contribution >= 4 is 28.2 Å². The zero-order chi connectivity index (χ0) is 20.4. The summed E-state index contributed by atoms with van der Waals surface area (Å²) in [7, 11) is 1.51. The van der Waals surface area contributed by atoms with Gasteiger partial charge in [-0.15, -0.1) is 0 Å². The number of nitrogens with one attached hydrogen (secondary N) is 2. The van der Waals surface area contributed by atoms with Gasteiger partial charge >= 0.3 is 6.01 Å². The molecule has 29 heavy (non-hydrogen) atoms. The highest BCUT2D eigenvalue weighted by atomic mass is 16.5. The molecule has 8 nitrogen and oxygen atoms in total. The van der Waals surface area contributed by atoms with Crippen LogP contribution in [0.3, 0.4) is 0 Å². The smallest absolute Gasteiger partial charge is 0.316 e. The molecular weight excluding hydrogens is 368 g/mol. The molecule has 1 fully saturated rings. The van der Waals surface area contributed by atoms with Crippen LogP contribution in [0.25, 0.3) is 10.9 Å². The molecule has 2 atom stereocenters. The number of hydrogen-bond acceptors (Lipinski definition) is 7. The maximum absolute atomic E-state index is 13.0. The van der Waals surface area contributed by atoms with Crippen LogP contribution in [0.15, 0.2) is 42.9 Å². The Labute approximate surface area is 169 Å². The Morgan fingerprint density at radius 1 is 1.21 bits per heavy atom. The highest BCUT2D eigenvalue weighted by Crippen LogP contribution is 2.30. The predicted octanol–water partition coefficient (Wildman–Crippen LogP) is 2.47. The van der Waals surface area contributed by atoms with Crippen molar-refractivity contribution in [2.45, 2.75) is 25.9 Å². The van der Waals surface area contributed by atoms with Gasteiger partial charge in [0, 0.05) is 48.6 Å². The largest absolute Gasteiger partial charge is 0.467 e. The molecular formula is C21H24N6O2. The molecule has 0 radical (unpaired) electrons. The van der Waals surface area contributed by atoms with Gasteiger partial charge in [0.1, 0.15) is 0 Å². The molecule has 3 aromatic rings. The molecule has 1 aliphatic heterocycles. The predicted molar refractivity (Wildman–Crippen MR) is 113 cm³/mol. The molecule has 0 unspecified atom stereocenters. The number of nitrogens with zero attached hydrogens (tertiary/aromatic N) is 4. The van der Waals surface area contributed by atoms with Crippen molar-refractivity contribution in [2.75, 3.05) is 30.4 Å². The number of amides is 1. The van der Waals surface area contributed by atoms with Crippen molar-refractivity contribution in [3.8, 4) is 6.01 Å². The van der Waals surface area contributed by atoms with E-state index < -0.39 is 0 Å². The van der Waals surface area contributed by atoms with Crippen LogP contribution in [-0.4, -0.2) is 53.1 Å². The molecule has 1 saturated heterocycles. The number of aromatic nitrogens is 3. The summed E-state index contributed by atoms with van der Waals surface area (Å²) in [4.78, 5) is 28.1. The Balaban J connectivity index is 1.77. The van der Waals surface area contributed by atoms with E-state index >= 15 is 0 Å². The maximum Gasteiger partial charge on any atom is 0.316 e. The summed E-state index contributed by atoms with van der Waals surface area (Å²) in [5.41, 5.74) is 2.67. The van der Waals surface area contributed by atoms with Gasteiger partial charge in [0.2, 0.25) is 0 Å². The zero-order valence-electron chi connectivity index (χ0n) is 16.7. The third-order valence-corrected chi connectivity index (χ3v) is 4.95. The third kappa shape index (κ3) is 3.97. The first-order valence-corrected chi connectivity index (χ1v) is 9.61. The number of rotatable bonds is 4. The maximum atomic E-state index is 13.0. The number of carbonyl (C=O) groups excluding carboxylic acids is 1. The van der Waals surface area contributed by atoms with E-state index in [2.05, 4.69) is 44.3 Å². The number of piperazine rings is 1. The van der Waals surface area contributed by atoms with Crippen molar-refractivity contribution < 1.29 is 9.53 Å². The first-order chi connectivity index (χ1) is 14.0. The third-order valence-electron chi connectivity index (χ3n) is 4.95. The summed E-state index contributed by atoms with van der Waals surface area (Å²) in [6.45, 7) is 6.07. The number of carbonyl (C=O) groups is 1. The minimum atomic E-state index is -0.252. The number of fused-ring (bicyclic) bond motifs is 1. The summed E-state index contributed by atoms with van der Waals surface area (Å²) in [5, 5.41) is 7.24. The van der Waals surface area contributed by atoms with E-state index in [1.54, 1.807) is 30.7 Å². The van der Waals surface area contributed by atoms with Crippen LogP contribution < -0.4 is 20.3 Å². The summed E-state index contributed by atoms with van der Waals surface area (Å²) < 4.78 is 5.21. The van der Waals surface area contributed by atoms with Gasteiger partial charge in [-0.05, 0) is 38.1 Å². The molecule has 150 valence electrons. The molecule has 3 heterocycles. The molecule has 1 amide bonds. The Kier molecular flexibility index (Phi) is 5.26. The molecule has 1 aliphatic rings. The van der Waals surface area contributed by atoms with Crippen LogP contribution in [-0.2, 0) is 0 Å². The number of pyridine rings is 1. The van der Waals surface area contributed by atoms with Gasteiger partial charge in [-0.1, -0.05) is 0 Å². The van der Waals surface area contributed by atoms with Crippen LogP contribution in [0, 0.1) is 0 Å². The molecule has 8 heteroatoms. The van der Waals surface area contributed by atoms with Gasteiger partial charge in [0.25, 0.3) is 5.91 Å². The molecule has 0 saturated carbocycles. The quantitative estimate of drug-likeness (QED) is 0.705. The Hall–Kier alpha value is -3.26. The fourth-order valence-corrected chi connectivity index (χ4v) is 3.81. The minimum absolute atomic E-state index is 0.229. The first-order valence-electron chi connectivity index (χ1n) is 9.61. The normalized spacial score (nSPS) is 19.2. The van der Waals surface area contributed by atoms with E-state index in [-0.39, 0.29) is 11.9 Å². The standard InChI is InChI=1S/C21H24N6O2/c1-13-11-27(12-14(2)24-13)18-7-6-16(19-17(18)10-23-21(26-19)29-3)20(28)25-15-5-4-8-22-9-15/h4-10,13-14,24H,11-12H2,1-3H3,(H,25,28)/t13-,14-/m0/s1. The molecule has 0 aliphatic carbocycles. The lowest BCUT2D eigenvalue weighted by atomic mass is 10.0. The fraction of sp³-hybridized carbons (Fsp3) is 0.333. The fourth-order valence-electron chi connectivity index (χ4n) is 3.81. The topological polar surface area (TPSA) is 92.3 Å². The van der Waals surface area contributed by atoms with E-state index in [4.69, 9.17) is 4.74 Å². The van der Waals surface area contributed by atoms with Gasteiger partial charge < -0.3 is 20.3 Å². The average Bonchev–Trinajstić information content (AvgIpc) is 2.72. The summed E-state index contributed by atoms with van der Waals surface area (Å²) in [5.74, 6) is -0.252. The second-order valence-corrected chi connectivity index (χ2v) is 7.32. The lowest BCUT2D eigenvalue weighted by Gasteiger charge is -2.38. The molecule has 0 spiro atoms. The van der Waals surface area contributed by atoms with Crippen LogP contribution in [0.4, 0.5) is 11.4 Å². The van der Waals surface area contributed by atoms with E-state index in [0.717, 1.165) is 24.2 Å². The Bertz CT molecular complexity index is 1020. The van der Waals surface area contributed by atoms with Crippen molar-refractivity contribution in [2.24, 2.45) is 0 Å². The van der Waals surface area contributed by atoms with Crippen molar-refractivity contribution in [3.63, 3.8) is 0 Å². The summed E-state index contributed by atoms with van der Waals surface area (Å²) in [6, 6.07) is 8.30. The van der Waals surface area contributed by atoms with Crippen LogP contribution >= 0.6 is 0 Å². The minimum Gasteiger partial charge on any atom is -0.467 e. The average molecular weight is 392 g/mol. The first kappa shape index (κ1) is 19.1. The van der Waals surface area contributed by atoms with E-state index in [0.29, 0.717) is 28.9 Å². The van der Waals surface area contributed by atoms with Gasteiger partial charge in [-0.3, -0.25) is 9.78 Å². The molecule has 1 aromatic carbocycles. The van der Waals surface area contributed by atoms with Crippen molar-refractivity contribution in [3.05, 3.63) is 48.4 Å². The number of benzene rings is 1. The number of anilines is 2. The zero-order valence-corrected chi connectivity index (χ0v) is 16.7. The van der Waals surface area contributed by atoms with Crippen molar-refractivity contribution in [1.29, 1.82) is 0 Å². The van der Waals surface area contributed by atoms with Crippen molar-refractivity contribution in [1.82, 2.24) is 20.3 Å². The summed E-state index contributed by atoms with van der Waals surface area (Å²) in [6.07, 6.45) is 5.00. The SMILES string of the molecule is COc1ncc2c(N3C[C@H](C)N[C@@H](C)C3)ccc(C(=O)Nc3cccnc3)c2n1.